The Balaban J connectivity index is 0.000000636. The molecule has 108 valence electrons. The number of nitriles is 1. The van der Waals surface area contributed by atoms with Gasteiger partial charge in [-0.2, -0.15) is 5.26 Å². The summed E-state index contributed by atoms with van der Waals surface area (Å²) in [6, 6.07) is 8.44. The Hall–Kier alpha value is -2.08. The van der Waals surface area contributed by atoms with Crippen LogP contribution in [0.3, 0.4) is 0 Å². The fourth-order valence-corrected chi connectivity index (χ4v) is 3.92. The lowest BCUT2D eigenvalue weighted by molar-refractivity contribution is 0.361. The first-order valence-electron chi connectivity index (χ1n) is 7.88. The molecule has 4 rings (SSSR count). The second-order valence-electron chi connectivity index (χ2n) is 5.64. The molecule has 1 aliphatic heterocycles. The molecular weight excluding hydrogens is 258 g/mol. The molecule has 1 unspecified atom stereocenters. The minimum absolute atomic E-state index is 0.151. The topological polar surface area (TPSA) is 41.6 Å². The molecule has 0 amide bonds. The Kier molecular flexibility index (Phi) is 3.55. The van der Waals surface area contributed by atoms with Crippen LogP contribution in [-0.4, -0.2) is 9.55 Å². The van der Waals surface area contributed by atoms with E-state index in [1.54, 1.807) is 0 Å². The third-order valence-electron chi connectivity index (χ3n) is 4.78. The van der Waals surface area contributed by atoms with Crippen molar-refractivity contribution in [2.45, 2.75) is 51.5 Å². The van der Waals surface area contributed by atoms with Crippen molar-refractivity contribution in [2.75, 3.05) is 0 Å². The third-order valence-corrected chi connectivity index (χ3v) is 4.78. The molecule has 21 heavy (non-hydrogen) atoms. The van der Waals surface area contributed by atoms with E-state index in [2.05, 4.69) is 27.8 Å². The smallest absolute Gasteiger partial charge is 0.0991 e. The van der Waals surface area contributed by atoms with Crippen LogP contribution < -0.4 is 0 Å². The van der Waals surface area contributed by atoms with E-state index < -0.39 is 0 Å². The van der Waals surface area contributed by atoms with Crippen molar-refractivity contribution in [2.24, 2.45) is 0 Å². The Bertz CT molecular complexity index is 693. The van der Waals surface area contributed by atoms with Crippen molar-refractivity contribution < 1.29 is 0 Å². The predicted octanol–water partition coefficient (Wildman–Crippen LogP) is 3.81. The first kappa shape index (κ1) is 13.9. The highest BCUT2D eigenvalue weighted by molar-refractivity contribution is 5.49. The molecule has 1 spiro atoms. The average Bonchev–Trinajstić information content (AvgIpc) is 3.16. The van der Waals surface area contributed by atoms with Crippen molar-refractivity contribution in [3.8, 4) is 6.07 Å². The van der Waals surface area contributed by atoms with Crippen LogP contribution in [0, 0.1) is 11.3 Å². The van der Waals surface area contributed by atoms with E-state index in [9.17, 15) is 0 Å². The van der Waals surface area contributed by atoms with Gasteiger partial charge in [0.25, 0.3) is 0 Å². The van der Waals surface area contributed by atoms with Crippen LogP contribution in [0.4, 0.5) is 0 Å². The highest BCUT2D eigenvalue weighted by atomic mass is 15.1. The highest BCUT2D eigenvalue weighted by Crippen LogP contribution is 2.49. The number of nitrogens with zero attached hydrogens (tertiary/aromatic N) is 3. The number of aromatic nitrogens is 2. The molecule has 3 heteroatoms. The van der Waals surface area contributed by atoms with Gasteiger partial charge in [-0.3, -0.25) is 0 Å². The van der Waals surface area contributed by atoms with Crippen LogP contribution in [0.15, 0.2) is 30.7 Å². The molecule has 0 radical (unpaired) electrons. The monoisotopic (exact) mass is 279 g/mol. The molecule has 0 saturated heterocycles. The number of fused-ring (bicyclic) bond motifs is 4. The summed E-state index contributed by atoms with van der Waals surface area (Å²) in [5, 5.41) is 9.03. The summed E-state index contributed by atoms with van der Waals surface area (Å²) in [5.74, 6) is 0. The van der Waals surface area contributed by atoms with Crippen molar-refractivity contribution in [1.29, 1.82) is 5.26 Å². The van der Waals surface area contributed by atoms with E-state index in [-0.39, 0.29) is 5.41 Å². The molecule has 2 heterocycles. The van der Waals surface area contributed by atoms with Crippen molar-refractivity contribution in [3.63, 3.8) is 0 Å². The van der Waals surface area contributed by atoms with Gasteiger partial charge in [0.2, 0.25) is 0 Å². The number of hydrogen-bond acceptors (Lipinski definition) is 2. The lowest BCUT2D eigenvalue weighted by atomic mass is 9.73. The van der Waals surface area contributed by atoms with Crippen LogP contribution in [0.5, 0.6) is 0 Å². The van der Waals surface area contributed by atoms with E-state index in [0.29, 0.717) is 0 Å². The maximum Gasteiger partial charge on any atom is 0.0991 e. The molecule has 0 N–H and O–H groups in total. The minimum atomic E-state index is 0.151. The summed E-state index contributed by atoms with van der Waals surface area (Å²) in [7, 11) is 0. The zero-order valence-electron chi connectivity index (χ0n) is 12.8. The summed E-state index contributed by atoms with van der Waals surface area (Å²) in [5.41, 5.74) is 5.07. The molecule has 0 bridgehead atoms. The minimum Gasteiger partial charge on any atom is -0.334 e. The zero-order chi connectivity index (χ0) is 14.9. The molecule has 2 aliphatic rings. The first-order chi connectivity index (χ1) is 10.3. The Labute approximate surface area is 126 Å². The normalized spacial score (nSPS) is 22.0. The molecule has 0 saturated carbocycles. The predicted molar refractivity (Wildman–Crippen MR) is 83.1 cm³/mol. The number of rotatable bonds is 0. The summed E-state index contributed by atoms with van der Waals surface area (Å²) in [4.78, 5) is 4.34. The van der Waals surface area contributed by atoms with Crippen LogP contribution >= 0.6 is 0 Å². The number of imidazole rings is 1. The van der Waals surface area contributed by atoms with E-state index >= 15 is 0 Å². The molecule has 3 nitrogen and oxygen atoms in total. The lowest BCUT2D eigenvalue weighted by Crippen LogP contribution is -2.32. The fourth-order valence-electron chi connectivity index (χ4n) is 3.92. The molecular formula is C18H21N3. The largest absolute Gasteiger partial charge is 0.334 e. The summed E-state index contributed by atoms with van der Waals surface area (Å²) in [6.07, 6.45) is 8.64. The van der Waals surface area contributed by atoms with E-state index in [1.807, 2.05) is 32.4 Å². The van der Waals surface area contributed by atoms with Gasteiger partial charge in [0.1, 0.15) is 0 Å². The second-order valence-corrected chi connectivity index (χ2v) is 5.64. The quantitative estimate of drug-likeness (QED) is 0.736. The van der Waals surface area contributed by atoms with Gasteiger partial charge in [-0.05, 0) is 48.9 Å². The molecule has 1 aromatic carbocycles. The van der Waals surface area contributed by atoms with E-state index in [4.69, 9.17) is 5.26 Å². The maximum atomic E-state index is 9.03. The van der Waals surface area contributed by atoms with Gasteiger partial charge < -0.3 is 4.57 Å². The molecule has 1 atom stereocenters. The summed E-state index contributed by atoms with van der Waals surface area (Å²) in [6.45, 7) is 5.09. The van der Waals surface area contributed by atoms with Gasteiger partial charge in [-0.15, -0.1) is 0 Å². The van der Waals surface area contributed by atoms with Crippen LogP contribution in [0.2, 0.25) is 0 Å². The molecule has 0 fully saturated rings. The van der Waals surface area contributed by atoms with Crippen molar-refractivity contribution in [1.82, 2.24) is 9.55 Å². The highest BCUT2D eigenvalue weighted by Gasteiger charge is 2.43. The second kappa shape index (κ2) is 5.37. The average molecular weight is 279 g/mol. The van der Waals surface area contributed by atoms with Gasteiger partial charge in [-0.1, -0.05) is 19.9 Å². The third kappa shape index (κ3) is 1.98. The van der Waals surface area contributed by atoms with Crippen LogP contribution in [0.25, 0.3) is 0 Å². The van der Waals surface area contributed by atoms with Crippen molar-refractivity contribution >= 4 is 0 Å². The lowest BCUT2D eigenvalue weighted by Gasteiger charge is -2.35. The Morgan fingerprint density at radius 3 is 2.95 bits per heavy atom. The molecule has 1 aliphatic carbocycles. The number of benzene rings is 1. The Morgan fingerprint density at radius 2 is 2.14 bits per heavy atom. The van der Waals surface area contributed by atoms with Gasteiger partial charge >= 0.3 is 0 Å². The van der Waals surface area contributed by atoms with Crippen LogP contribution in [-0.2, 0) is 18.4 Å². The fraction of sp³-hybridized carbons (Fsp3) is 0.444. The SMILES string of the molecule is CC.N#Cc1ccc2c(c1)CCC21CCCn2cncc21. The van der Waals surface area contributed by atoms with Gasteiger partial charge in [0.05, 0.1) is 18.0 Å². The molecule has 1 aromatic heterocycles. The van der Waals surface area contributed by atoms with E-state index in [0.717, 1.165) is 24.9 Å². The van der Waals surface area contributed by atoms with E-state index in [1.165, 1.54) is 29.7 Å². The van der Waals surface area contributed by atoms with Crippen LogP contribution in [0.1, 0.15) is 55.5 Å². The van der Waals surface area contributed by atoms with Gasteiger partial charge in [0.15, 0.2) is 0 Å². The summed E-state index contributed by atoms with van der Waals surface area (Å²) < 4.78 is 2.30. The zero-order valence-corrected chi connectivity index (χ0v) is 12.8. The summed E-state index contributed by atoms with van der Waals surface area (Å²) >= 11 is 0. The number of hydrogen-bond donors (Lipinski definition) is 0. The van der Waals surface area contributed by atoms with Gasteiger partial charge in [-0.25, -0.2) is 4.98 Å². The standard InChI is InChI=1S/C16H15N3.C2H6/c17-9-12-2-3-14-13(8-12)4-6-16(14)5-1-7-19-11-18-10-15(16)19;1-2/h2-3,8,10-11H,1,4-7H2;1-2H3. The first-order valence-corrected chi connectivity index (χ1v) is 7.88. The Morgan fingerprint density at radius 1 is 1.29 bits per heavy atom. The van der Waals surface area contributed by atoms with Gasteiger partial charge in [0, 0.05) is 23.9 Å². The van der Waals surface area contributed by atoms with Crippen molar-refractivity contribution in [3.05, 3.63) is 53.1 Å². The maximum absolute atomic E-state index is 9.03. The molecule has 2 aromatic rings. The number of aryl methyl sites for hydroxylation is 2.